The molecule has 5 nitrogen and oxygen atoms in total. The van der Waals surface area contributed by atoms with Crippen LogP contribution in [-0.4, -0.2) is 39.7 Å². The summed E-state index contributed by atoms with van der Waals surface area (Å²) in [6, 6.07) is 16.2. The summed E-state index contributed by atoms with van der Waals surface area (Å²) in [7, 11) is -1.10. The Hall–Kier alpha value is -2.18. The van der Waals surface area contributed by atoms with Gasteiger partial charge >= 0.3 is 6.03 Å². The van der Waals surface area contributed by atoms with Crippen molar-refractivity contribution in [3.63, 3.8) is 0 Å². The molecule has 2 aromatic carbocycles. The van der Waals surface area contributed by atoms with Crippen molar-refractivity contribution in [1.82, 2.24) is 4.90 Å². The van der Waals surface area contributed by atoms with Gasteiger partial charge in [-0.3, -0.25) is 4.21 Å². The Morgan fingerprint density at radius 1 is 1.17 bits per heavy atom. The molecule has 122 valence electrons. The van der Waals surface area contributed by atoms with E-state index in [1.54, 1.807) is 30.5 Å². The number of benzene rings is 2. The number of hydrogen-bond acceptors (Lipinski definition) is 3. The van der Waals surface area contributed by atoms with Gasteiger partial charge in [0.2, 0.25) is 0 Å². The first kappa shape index (κ1) is 17.2. The molecule has 0 spiro atoms. The molecule has 0 bridgehead atoms. The van der Waals surface area contributed by atoms with Crippen molar-refractivity contribution < 1.29 is 14.1 Å². The Bertz CT molecular complexity index is 677. The second-order valence-corrected chi connectivity index (χ2v) is 6.42. The zero-order valence-corrected chi connectivity index (χ0v) is 13.8. The highest BCUT2D eigenvalue weighted by Crippen LogP contribution is 2.14. The lowest BCUT2D eigenvalue weighted by molar-refractivity contribution is 0.185. The minimum absolute atomic E-state index is 0.112. The lowest BCUT2D eigenvalue weighted by atomic mass is 10.2. The predicted molar refractivity (Wildman–Crippen MR) is 91.7 cm³/mol. The first-order chi connectivity index (χ1) is 11.1. The molecule has 6 heteroatoms. The second kappa shape index (κ2) is 8.45. The molecule has 1 unspecified atom stereocenters. The molecule has 0 aliphatic carbocycles. The van der Waals surface area contributed by atoms with Crippen LogP contribution in [0.5, 0.6) is 0 Å². The number of anilines is 1. The van der Waals surface area contributed by atoms with E-state index < -0.39 is 10.8 Å². The third-order valence-corrected chi connectivity index (χ3v) is 4.21. The van der Waals surface area contributed by atoms with E-state index in [4.69, 9.17) is 0 Å². The van der Waals surface area contributed by atoms with Gasteiger partial charge in [0.25, 0.3) is 0 Å². The second-order valence-electron chi connectivity index (χ2n) is 5.04. The fourth-order valence-corrected chi connectivity index (χ4v) is 2.70. The molecule has 0 aromatic heterocycles. The Labute approximate surface area is 138 Å². The maximum absolute atomic E-state index is 12.4. The standard InChI is InChI=1S/C17H20N2O3S/c1-23(22)16-9-5-8-15(12-16)18-17(21)19(10-11-20)13-14-6-3-2-4-7-14/h2-9,12,20H,10-11,13H2,1H3,(H,18,21). The van der Waals surface area contributed by atoms with Gasteiger partial charge in [0, 0.05) is 40.7 Å². The molecule has 0 saturated heterocycles. The van der Waals surface area contributed by atoms with Crippen LogP contribution >= 0.6 is 0 Å². The number of aliphatic hydroxyl groups excluding tert-OH is 1. The highest BCUT2D eigenvalue weighted by molar-refractivity contribution is 7.84. The summed E-state index contributed by atoms with van der Waals surface area (Å²) in [5.41, 5.74) is 1.57. The molecule has 1 atom stereocenters. The van der Waals surface area contributed by atoms with Crippen molar-refractivity contribution in [2.75, 3.05) is 24.7 Å². The topological polar surface area (TPSA) is 69.6 Å². The summed E-state index contributed by atoms with van der Waals surface area (Å²) in [5, 5.41) is 12.0. The van der Waals surface area contributed by atoms with Crippen molar-refractivity contribution in [2.45, 2.75) is 11.4 Å². The van der Waals surface area contributed by atoms with Crippen LogP contribution < -0.4 is 5.32 Å². The van der Waals surface area contributed by atoms with Crippen molar-refractivity contribution in [3.05, 3.63) is 60.2 Å². The fourth-order valence-electron chi connectivity index (χ4n) is 2.13. The first-order valence-electron chi connectivity index (χ1n) is 7.24. The number of rotatable bonds is 6. The zero-order chi connectivity index (χ0) is 16.7. The quantitative estimate of drug-likeness (QED) is 0.854. The van der Waals surface area contributed by atoms with Crippen molar-refractivity contribution in [1.29, 1.82) is 0 Å². The number of nitrogens with zero attached hydrogens (tertiary/aromatic N) is 1. The largest absolute Gasteiger partial charge is 0.395 e. The Kier molecular flexibility index (Phi) is 6.31. The maximum Gasteiger partial charge on any atom is 0.322 e. The first-order valence-corrected chi connectivity index (χ1v) is 8.80. The molecule has 2 amide bonds. The summed E-state index contributed by atoms with van der Waals surface area (Å²) >= 11 is 0. The molecule has 0 aliphatic rings. The monoisotopic (exact) mass is 332 g/mol. The van der Waals surface area contributed by atoms with E-state index in [1.165, 1.54) is 4.90 Å². The van der Waals surface area contributed by atoms with Gasteiger partial charge < -0.3 is 15.3 Å². The van der Waals surface area contributed by atoms with Crippen LogP contribution in [0.25, 0.3) is 0 Å². The summed E-state index contributed by atoms with van der Waals surface area (Å²) in [6.07, 6.45) is 1.59. The van der Waals surface area contributed by atoms with Crippen LogP contribution in [0.4, 0.5) is 10.5 Å². The van der Waals surface area contributed by atoms with Gasteiger partial charge in [0.05, 0.1) is 6.61 Å². The predicted octanol–water partition coefficient (Wildman–Crippen LogP) is 2.45. The van der Waals surface area contributed by atoms with E-state index in [2.05, 4.69) is 5.32 Å². The van der Waals surface area contributed by atoms with E-state index in [1.807, 2.05) is 30.3 Å². The summed E-state index contributed by atoms with van der Waals surface area (Å²) in [6.45, 7) is 0.534. The Morgan fingerprint density at radius 3 is 2.57 bits per heavy atom. The number of amides is 2. The molecule has 0 heterocycles. The fraction of sp³-hybridized carbons (Fsp3) is 0.235. The molecule has 2 rings (SSSR count). The molecule has 0 fully saturated rings. The lowest BCUT2D eigenvalue weighted by Gasteiger charge is -2.22. The minimum Gasteiger partial charge on any atom is -0.395 e. The SMILES string of the molecule is CS(=O)c1cccc(NC(=O)N(CCO)Cc2ccccc2)c1. The lowest BCUT2D eigenvalue weighted by Crippen LogP contribution is -2.36. The van der Waals surface area contributed by atoms with Gasteiger partial charge in [-0.05, 0) is 23.8 Å². The highest BCUT2D eigenvalue weighted by Gasteiger charge is 2.14. The number of hydrogen-bond donors (Lipinski definition) is 2. The maximum atomic E-state index is 12.4. The van der Waals surface area contributed by atoms with E-state index in [9.17, 15) is 14.1 Å². The van der Waals surface area contributed by atoms with Crippen molar-refractivity contribution >= 4 is 22.5 Å². The third kappa shape index (κ3) is 5.19. The Balaban J connectivity index is 2.09. The molecule has 0 aliphatic heterocycles. The molecule has 2 aromatic rings. The van der Waals surface area contributed by atoms with Gasteiger partial charge in [0.1, 0.15) is 0 Å². The van der Waals surface area contributed by atoms with Gasteiger partial charge in [-0.15, -0.1) is 0 Å². The number of carbonyl (C=O) groups is 1. The zero-order valence-electron chi connectivity index (χ0n) is 12.9. The van der Waals surface area contributed by atoms with Gasteiger partial charge in [0.15, 0.2) is 0 Å². The van der Waals surface area contributed by atoms with Crippen molar-refractivity contribution in [3.8, 4) is 0 Å². The van der Waals surface area contributed by atoms with E-state index in [-0.39, 0.29) is 19.2 Å². The molecular formula is C17H20N2O3S. The van der Waals surface area contributed by atoms with E-state index >= 15 is 0 Å². The van der Waals surface area contributed by atoms with Crippen LogP contribution in [0, 0.1) is 0 Å². The van der Waals surface area contributed by atoms with Gasteiger partial charge in [-0.25, -0.2) is 4.79 Å². The summed E-state index contributed by atoms with van der Waals surface area (Å²) < 4.78 is 11.5. The van der Waals surface area contributed by atoms with Crippen LogP contribution in [0.1, 0.15) is 5.56 Å². The van der Waals surface area contributed by atoms with Crippen LogP contribution in [0.15, 0.2) is 59.5 Å². The van der Waals surface area contributed by atoms with Crippen LogP contribution in [0.2, 0.25) is 0 Å². The molecule has 2 N–H and O–H groups in total. The molecular weight excluding hydrogens is 312 g/mol. The van der Waals surface area contributed by atoms with Crippen LogP contribution in [-0.2, 0) is 17.3 Å². The molecule has 23 heavy (non-hydrogen) atoms. The smallest absolute Gasteiger partial charge is 0.322 e. The van der Waals surface area contributed by atoms with Crippen molar-refractivity contribution in [2.24, 2.45) is 0 Å². The Morgan fingerprint density at radius 2 is 1.91 bits per heavy atom. The average molecular weight is 332 g/mol. The number of aliphatic hydroxyl groups is 1. The van der Waals surface area contributed by atoms with Gasteiger partial charge in [-0.1, -0.05) is 36.4 Å². The molecule has 0 radical (unpaired) electrons. The average Bonchev–Trinajstić information content (AvgIpc) is 2.55. The van der Waals surface area contributed by atoms with Crippen LogP contribution in [0.3, 0.4) is 0 Å². The van der Waals surface area contributed by atoms with Gasteiger partial charge in [-0.2, -0.15) is 0 Å². The van der Waals surface area contributed by atoms with E-state index in [0.29, 0.717) is 17.1 Å². The molecule has 0 saturated carbocycles. The summed E-state index contributed by atoms with van der Waals surface area (Å²) in [5.74, 6) is 0. The summed E-state index contributed by atoms with van der Waals surface area (Å²) in [4.78, 5) is 14.6. The number of carbonyl (C=O) groups excluding carboxylic acids is 1. The minimum atomic E-state index is -1.10. The third-order valence-electron chi connectivity index (χ3n) is 3.29. The normalized spacial score (nSPS) is 11.7. The highest BCUT2D eigenvalue weighted by atomic mass is 32.2. The van der Waals surface area contributed by atoms with E-state index in [0.717, 1.165) is 5.56 Å². The number of nitrogens with one attached hydrogen (secondary N) is 1. The number of urea groups is 1.